The molecule has 14 nitrogen and oxygen atoms in total. The minimum absolute atomic E-state index is 0.0938. The molecule has 0 aliphatic carbocycles. The van der Waals surface area contributed by atoms with Gasteiger partial charge in [0.05, 0.1) is 60.8 Å². The molecule has 0 aromatic heterocycles. The summed E-state index contributed by atoms with van der Waals surface area (Å²) in [6, 6.07) is 0. The van der Waals surface area contributed by atoms with Crippen LogP contribution in [0.5, 0.6) is 0 Å². The first-order valence-corrected chi connectivity index (χ1v) is 19.1. The number of rotatable bonds is 29. The molecular weight excluding hydrogens is 648 g/mol. The zero-order valence-electron chi connectivity index (χ0n) is 30.7. The zero-order valence-corrected chi connectivity index (χ0v) is 31.6. The van der Waals surface area contributed by atoms with Crippen molar-refractivity contribution in [2.75, 3.05) is 100 Å². The van der Waals surface area contributed by atoms with Crippen molar-refractivity contribution in [2.45, 2.75) is 110 Å². The predicted octanol–water partition coefficient (Wildman–Crippen LogP) is 0.911. The highest BCUT2D eigenvalue weighted by molar-refractivity contribution is 7.80. The van der Waals surface area contributed by atoms with E-state index in [-0.39, 0.29) is 46.1 Å². The van der Waals surface area contributed by atoms with E-state index < -0.39 is 16.4 Å². The fourth-order valence-electron chi connectivity index (χ4n) is 4.76. The molecule has 0 unspecified atom stereocenters. The van der Waals surface area contributed by atoms with Crippen molar-refractivity contribution in [3.8, 4) is 0 Å². The Morgan fingerprint density at radius 1 is 0.542 bits per heavy atom. The van der Waals surface area contributed by atoms with Crippen LogP contribution in [0.15, 0.2) is 0 Å². The second-order valence-electron chi connectivity index (χ2n) is 12.6. The molecule has 0 fully saturated rings. The highest BCUT2D eigenvalue weighted by atomic mass is 32.3. The number of hydrogen-bond acceptors (Lipinski definition) is 12. The van der Waals surface area contributed by atoms with E-state index in [2.05, 4.69) is 11.1 Å². The minimum Gasteiger partial charge on any atom is -0.726 e. The average Bonchev–Trinajstić information content (AvgIpc) is 3.00. The molecule has 15 heteroatoms. The van der Waals surface area contributed by atoms with Crippen LogP contribution in [0.4, 0.5) is 0 Å². The molecule has 0 saturated carbocycles. The number of carbonyl (C=O) groups is 1. The van der Waals surface area contributed by atoms with Gasteiger partial charge in [0.15, 0.2) is 0 Å². The van der Waals surface area contributed by atoms with Crippen LogP contribution in [0.1, 0.15) is 110 Å². The summed E-state index contributed by atoms with van der Waals surface area (Å²) in [6.07, 6.45) is 19.9. The number of aliphatic hydroxyl groups excluding tert-OH is 6. The predicted molar refractivity (Wildman–Crippen MR) is 185 cm³/mol. The molecule has 0 aliphatic heterocycles. The zero-order chi connectivity index (χ0) is 37.6. The lowest BCUT2D eigenvalue weighted by Crippen LogP contribution is -2.49. The molecular formula is C33H74N2O12S. The molecule has 0 atom stereocenters. The smallest absolute Gasteiger partial charge is 0.217 e. The molecule has 0 aromatic rings. The van der Waals surface area contributed by atoms with Gasteiger partial charge >= 0.3 is 0 Å². The lowest BCUT2D eigenvalue weighted by molar-refractivity contribution is -0.910. The Hall–Kier alpha value is -0.980. The van der Waals surface area contributed by atoms with E-state index in [0.717, 1.165) is 20.0 Å². The summed E-state index contributed by atoms with van der Waals surface area (Å²) in [4.78, 5) is 10.2. The Bertz CT molecular complexity index is 703. The number of nitrogens with zero attached hydrogens (tertiary/aromatic N) is 2. The second-order valence-corrected chi connectivity index (χ2v) is 13.7. The summed E-state index contributed by atoms with van der Waals surface area (Å²) in [6.45, 7) is 6.34. The number of unbranched alkanes of at least 4 members (excludes halogenated alkanes) is 14. The van der Waals surface area contributed by atoms with Gasteiger partial charge in [-0.3, -0.25) is 4.18 Å². The maximum Gasteiger partial charge on any atom is 0.217 e. The van der Waals surface area contributed by atoms with Crippen LogP contribution in [-0.2, 0) is 19.4 Å². The summed E-state index contributed by atoms with van der Waals surface area (Å²) >= 11 is 0. The van der Waals surface area contributed by atoms with Gasteiger partial charge in [-0.2, -0.15) is 0 Å². The molecule has 0 heterocycles. The normalized spacial score (nSPS) is 11.5. The number of carbonyl (C=O) groups excluding carboxylic acids is 1. The number of aliphatic carboxylic acids is 1. The third-order valence-corrected chi connectivity index (χ3v) is 8.44. The van der Waals surface area contributed by atoms with Gasteiger partial charge in [-0.15, -0.1) is 0 Å². The molecule has 48 heavy (non-hydrogen) atoms. The van der Waals surface area contributed by atoms with E-state index in [9.17, 15) is 22.9 Å². The van der Waals surface area contributed by atoms with Crippen molar-refractivity contribution >= 4 is 16.4 Å². The van der Waals surface area contributed by atoms with Crippen molar-refractivity contribution in [2.24, 2.45) is 0 Å². The van der Waals surface area contributed by atoms with Crippen molar-refractivity contribution in [3.05, 3.63) is 0 Å². The number of aliphatic hydroxyl groups is 6. The molecule has 0 bridgehead atoms. The third-order valence-electron chi connectivity index (χ3n) is 8.03. The molecule has 294 valence electrons. The minimum atomic E-state index is -4.41. The van der Waals surface area contributed by atoms with Crippen LogP contribution in [0.2, 0.25) is 0 Å². The Balaban J connectivity index is -0.000000294. The monoisotopic (exact) mass is 722 g/mol. The molecule has 0 saturated heterocycles. The average molecular weight is 723 g/mol. The van der Waals surface area contributed by atoms with E-state index >= 15 is 0 Å². The largest absolute Gasteiger partial charge is 0.726 e. The van der Waals surface area contributed by atoms with Gasteiger partial charge < -0.3 is 54.1 Å². The van der Waals surface area contributed by atoms with Crippen molar-refractivity contribution in [1.82, 2.24) is 0 Å². The SMILES string of the molecule is CCCCCCCCCCCCCCCCCC(=O)[O-].COS(=O)(=O)[O-].C[N+](CCO)(CCO)CCO.C[N+](CCO)(CCO)CCO. The third kappa shape index (κ3) is 47.1. The lowest BCUT2D eigenvalue weighted by Gasteiger charge is -2.32. The Morgan fingerprint density at radius 2 is 0.750 bits per heavy atom. The van der Waals surface area contributed by atoms with Crippen LogP contribution in [0.25, 0.3) is 0 Å². The fraction of sp³-hybridized carbons (Fsp3) is 0.970. The lowest BCUT2D eigenvalue weighted by atomic mass is 10.0. The molecule has 0 spiro atoms. The molecule has 0 rings (SSSR count). The van der Waals surface area contributed by atoms with Gasteiger partial charge in [0.25, 0.3) is 0 Å². The standard InChI is InChI=1S/C18H36O2.2C7H18NO3.CH4O4S/c1-2-3-4-5-6-7-8-9-10-11-12-13-14-15-16-17-18(19)20;2*1-8(2-5-9,3-6-10)4-7-11;1-5-6(2,3)4/h2-17H2,1H3,(H,19,20);2*9-11H,2-7H2,1H3;1H3,(H,2,3,4)/q;2*+1;/p-2. The molecule has 6 N–H and O–H groups in total. The van der Waals surface area contributed by atoms with Crippen LogP contribution in [0, 0.1) is 0 Å². The summed E-state index contributed by atoms with van der Waals surface area (Å²) < 4.78 is 32.1. The number of hydrogen-bond donors (Lipinski definition) is 6. The van der Waals surface area contributed by atoms with Crippen LogP contribution < -0.4 is 5.11 Å². The summed E-state index contributed by atoms with van der Waals surface area (Å²) in [7, 11) is 0.207. The Labute approximate surface area is 292 Å². The van der Waals surface area contributed by atoms with Crippen molar-refractivity contribution < 1.29 is 66.7 Å². The van der Waals surface area contributed by atoms with Crippen LogP contribution >= 0.6 is 0 Å². The van der Waals surface area contributed by atoms with Gasteiger partial charge in [-0.05, 0) is 12.8 Å². The first kappa shape index (κ1) is 53.8. The molecule has 0 aliphatic rings. The maximum absolute atomic E-state index is 10.2. The van der Waals surface area contributed by atoms with E-state index in [1.54, 1.807) is 0 Å². The highest BCUT2D eigenvalue weighted by Gasteiger charge is 2.19. The van der Waals surface area contributed by atoms with E-state index in [1.165, 1.54) is 83.5 Å². The molecule has 0 amide bonds. The van der Waals surface area contributed by atoms with Gasteiger partial charge in [-0.1, -0.05) is 96.8 Å². The number of likely N-dealkylation sites (N-methyl/N-ethyl adjacent to an activating group) is 2. The highest BCUT2D eigenvalue weighted by Crippen LogP contribution is 2.13. The van der Waals surface area contributed by atoms with Crippen LogP contribution in [0.3, 0.4) is 0 Å². The van der Waals surface area contributed by atoms with Gasteiger partial charge in [0.1, 0.15) is 39.3 Å². The summed E-state index contributed by atoms with van der Waals surface area (Å²) in [5.41, 5.74) is 0. The molecule has 0 radical (unpaired) electrons. The Morgan fingerprint density at radius 3 is 0.917 bits per heavy atom. The summed E-state index contributed by atoms with van der Waals surface area (Å²) in [5.74, 6) is -0.903. The number of carboxylic acids is 1. The van der Waals surface area contributed by atoms with E-state index in [4.69, 9.17) is 30.6 Å². The van der Waals surface area contributed by atoms with E-state index in [0.29, 0.717) is 48.2 Å². The number of carboxylic acid groups (broad SMARTS) is 1. The van der Waals surface area contributed by atoms with E-state index in [1.807, 2.05) is 14.1 Å². The van der Waals surface area contributed by atoms with Gasteiger partial charge in [0.2, 0.25) is 10.4 Å². The maximum atomic E-state index is 10.2. The summed E-state index contributed by atoms with van der Waals surface area (Å²) in [5, 5.41) is 62.3. The second kappa shape index (κ2) is 38.8. The fourth-order valence-corrected chi connectivity index (χ4v) is 4.76. The van der Waals surface area contributed by atoms with Gasteiger partial charge in [-0.25, -0.2) is 8.42 Å². The van der Waals surface area contributed by atoms with Gasteiger partial charge in [0, 0.05) is 5.97 Å². The quantitative estimate of drug-likeness (QED) is 0.0274. The Kier molecular flexibility index (Phi) is 43.5. The van der Waals surface area contributed by atoms with Crippen LogP contribution in [-0.4, -0.2) is 159 Å². The van der Waals surface area contributed by atoms with Crippen molar-refractivity contribution in [3.63, 3.8) is 0 Å². The first-order chi connectivity index (χ1) is 22.7. The van der Waals surface area contributed by atoms with Crippen molar-refractivity contribution in [1.29, 1.82) is 0 Å². The molecule has 0 aromatic carbocycles. The topological polar surface area (TPSA) is 228 Å². The first-order valence-electron chi connectivity index (χ1n) is 17.7. The number of quaternary nitrogens is 2.